The summed E-state index contributed by atoms with van der Waals surface area (Å²) in [5, 5.41) is 15.0. The van der Waals surface area contributed by atoms with Crippen LogP contribution >= 0.6 is 11.3 Å². The molecule has 1 aliphatic rings. The average Bonchev–Trinajstić information content (AvgIpc) is 3.20. The molecule has 0 bridgehead atoms. The van der Waals surface area contributed by atoms with Gasteiger partial charge in [0.15, 0.2) is 0 Å². The van der Waals surface area contributed by atoms with E-state index in [0.29, 0.717) is 36.9 Å². The van der Waals surface area contributed by atoms with E-state index >= 15 is 0 Å². The third kappa shape index (κ3) is 6.88. The summed E-state index contributed by atoms with van der Waals surface area (Å²) in [6.45, 7) is 7.01. The van der Waals surface area contributed by atoms with E-state index in [1.54, 1.807) is 0 Å². The van der Waals surface area contributed by atoms with Crippen molar-refractivity contribution < 1.29 is 9.59 Å². The second-order valence-corrected chi connectivity index (χ2v) is 8.97. The number of anilines is 1. The molecule has 1 atom stereocenters. The van der Waals surface area contributed by atoms with E-state index in [1.807, 2.05) is 31.2 Å². The lowest BCUT2D eigenvalue weighted by Crippen LogP contribution is -2.42. The predicted octanol–water partition coefficient (Wildman–Crippen LogP) is 3.41. The lowest BCUT2D eigenvalue weighted by atomic mass is 10.0. The highest BCUT2D eigenvalue weighted by Crippen LogP contribution is 2.16. The number of likely N-dealkylation sites (tertiary alicyclic amines) is 1. The molecule has 8 heteroatoms. The monoisotopic (exact) mass is 429 g/mol. The minimum absolute atomic E-state index is 0.0708. The first-order valence-electron chi connectivity index (χ1n) is 10.7. The summed E-state index contributed by atoms with van der Waals surface area (Å²) in [4.78, 5) is 26.8. The summed E-state index contributed by atoms with van der Waals surface area (Å²) in [6.07, 6.45) is 5.61. The van der Waals surface area contributed by atoms with Crippen molar-refractivity contribution in [3.05, 3.63) is 39.8 Å². The molecule has 2 heterocycles. The Hall–Kier alpha value is -2.32. The van der Waals surface area contributed by atoms with Gasteiger partial charge in [0, 0.05) is 37.7 Å². The van der Waals surface area contributed by atoms with Crippen LogP contribution in [0.5, 0.6) is 0 Å². The predicted molar refractivity (Wildman–Crippen MR) is 120 cm³/mol. The van der Waals surface area contributed by atoms with Gasteiger partial charge in [-0.15, -0.1) is 10.2 Å². The molecule has 2 amide bonds. The summed E-state index contributed by atoms with van der Waals surface area (Å²) >= 11 is 1.28. The molecule has 3 rings (SSSR count). The maximum Gasteiger partial charge on any atom is 0.286 e. The summed E-state index contributed by atoms with van der Waals surface area (Å²) < 4.78 is 0. The normalized spacial score (nSPS) is 16.9. The molecule has 162 valence electrons. The Labute approximate surface area is 182 Å². The summed E-state index contributed by atoms with van der Waals surface area (Å²) in [5.41, 5.74) is 1.87. The zero-order chi connectivity index (χ0) is 21.3. The number of hydrogen-bond acceptors (Lipinski definition) is 6. The molecule has 0 unspecified atom stereocenters. The van der Waals surface area contributed by atoms with Crippen molar-refractivity contribution in [2.24, 2.45) is 0 Å². The quantitative estimate of drug-likeness (QED) is 0.638. The minimum atomic E-state index is -0.257. The molecule has 0 radical (unpaired) electrons. The molecular formula is C22H31N5O2S. The van der Waals surface area contributed by atoms with Crippen LogP contribution in [0.2, 0.25) is 0 Å². The van der Waals surface area contributed by atoms with E-state index < -0.39 is 0 Å². The third-order valence-electron chi connectivity index (χ3n) is 5.43. The number of nitrogens with zero attached hydrogens (tertiary/aromatic N) is 3. The maximum absolute atomic E-state index is 12.3. The van der Waals surface area contributed by atoms with E-state index in [2.05, 4.69) is 32.7 Å². The number of nitrogens with one attached hydrogen (secondary N) is 2. The number of amides is 2. The minimum Gasteiger partial charge on any atom is -0.355 e. The number of hydrogen-bond donors (Lipinski definition) is 2. The fraction of sp³-hybridized carbons (Fsp3) is 0.545. The van der Waals surface area contributed by atoms with E-state index in [1.165, 1.54) is 30.6 Å². The van der Waals surface area contributed by atoms with Gasteiger partial charge in [0.1, 0.15) is 5.01 Å². The Morgan fingerprint density at radius 2 is 2.00 bits per heavy atom. The van der Waals surface area contributed by atoms with E-state index in [4.69, 9.17) is 0 Å². The topological polar surface area (TPSA) is 87.2 Å². The summed E-state index contributed by atoms with van der Waals surface area (Å²) in [6, 6.07) is 8.23. The zero-order valence-electron chi connectivity index (χ0n) is 17.8. The van der Waals surface area contributed by atoms with E-state index in [9.17, 15) is 9.59 Å². The fourth-order valence-electron chi connectivity index (χ4n) is 3.59. The molecule has 0 saturated carbocycles. The van der Waals surface area contributed by atoms with E-state index in [-0.39, 0.29) is 11.8 Å². The Morgan fingerprint density at radius 3 is 2.77 bits per heavy atom. The smallest absolute Gasteiger partial charge is 0.286 e. The molecule has 30 heavy (non-hydrogen) atoms. The first-order valence-corrected chi connectivity index (χ1v) is 11.5. The summed E-state index contributed by atoms with van der Waals surface area (Å²) in [7, 11) is 0. The zero-order valence-corrected chi connectivity index (χ0v) is 18.6. The maximum atomic E-state index is 12.3. The molecule has 2 aromatic rings. The van der Waals surface area contributed by atoms with Crippen molar-refractivity contribution in [3.63, 3.8) is 0 Å². The standard InChI is InChI=1S/C22H31N5O2S/c1-16-9-11-18(12-10-16)24-21(29)22-26-25-20(30-22)8-5-7-19(28)23-13-15-27-14-4-3-6-17(27)2/h9-12,17H,3-8,13-15H2,1-2H3,(H,23,28)(H,24,29)/t17-/m0/s1. The molecule has 7 nitrogen and oxygen atoms in total. The number of aryl methyl sites for hydroxylation is 2. The van der Waals surface area contributed by atoms with Gasteiger partial charge in [0.25, 0.3) is 5.91 Å². The highest BCUT2D eigenvalue weighted by molar-refractivity contribution is 7.13. The number of piperidine rings is 1. The van der Waals surface area contributed by atoms with Gasteiger partial charge < -0.3 is 10.6 Å². The third-order valence-corrected chi connectivity index (χ3v) is 6.41. The average molecular weight is 430 g/mol. The fourth-order valence-corrected chi connectivity index (χ4v) is 4.36. The molecule has 1 fully saturated rings. The molecule has 1 saturated heterocycles. The first-order chi connectivity index (χ1) is 14.5. The SMILES string of the molecule is Cc1ccc(NC(=O)c2nnc(CCCC(=O)NCCN3CCCC[C@@H]3C)s2)cc1. The molecule has 1 aromatic heterocycles. The van der Waals surface area contributed by atoms with Gasteiger partial charge in [-0.25, -0.2) is 0 Å². The highest BCUT2D eigenvalue weighted by atomic mass is 32.1. The lowest BCUT2D eigenvalue weighted by Gasteiger charge is -2.33. The molecule has 2 N–H and O–H groups in total. The molecule has 0 spiro atoms. The van der Waals surface area contributed by atoms with Gasteiger partial charge >= 0.3 is 0 Å². The van der Waals surface area contributed by atoms with Crippen LogP contribution in [0.1, 0.15) is 59.4 Å². The van der Waals surface area contributed by atoms with Crippen molar-refractivity contribution in [1.29, 1.82) is 0 Å². The molecule has 1 aromatic carbocycles. The Balaban J connectivity index is 1.34. The van der Waals surface area contributed by atoms with Crippen molar-refractivity contribution in [2.75, 3.05) is 25.0 Å². The number of benzene rings is 1. The molecule has 1 aliphatic heterocycles. The van der Waals surface area contributed by atoms with Crippen LogP contribution in [0.4, 0.5) is 5.69 Å². The largest absolute Gasteiger partial charge is 0.355 e. The second-order valence-electron chi connectivity index (χ2n) is 7.91. The van der Waals surface area contributed by atoms with Crippen LogP contribution < -0.4 is 10.6 Å². The number of carbonyl (C=O) groups is 2. The van der Waals surface area contributed by atoms with Crippen LogP contribution in [0, 0.1) is 6.92 Å². The number of carbonyl (C=O) groups excluding carboxylic acids is 2. The van der Waals surface area contributed by atoms with Crippen molar-refractivity contribution in [2.45, 2.75) is 58.4 Å². The second kappa shape index (κ2) is 11.2. The van der Waals surface area contributed by atoms with Crippen LogP contribution in [-0.2, 0) is 11.2 Å². The van der Waals surface area contributed by atoms with Gasteiger partial charge in [0.05, 0.1) is 0 Å². The van der Waals surface area contributed by atoms with Crippen LogP contribution in [0.3, 0.4) is 0 Å². The van der Waals surface area contributed by atoms with Gasteiger partial charge in [-0.1, -0.05) is 35.5 Å². The first kappa shape index (κ1) is 22.4. The Bertz CT molecular complexity index is 836. The van der Waals surface area contributed by atoms with Crippen LogP contribution in [0.25, 0.3) is 0 Å². The van der Waals surface area contributed by atoms with Crippen LogP contribution in [-0.4, -0.2) is 52.6 Å². The van der Waals surface area contributed by atoms with Gasteiger partial charge in [-0.05, 0) is 51.8 Å². The summed E-state index contributed by atoms with van der Waals surface area (Å²) in [5.74, 6) is -0.186. The Kier molecular flexibility index (Phi) is 8.33. The molecular weight excluding hydrogens is 398 g/mol. The van der Waals surface area contributed by atoms with E-state index in [0.717, 1.165) is 29.3 Å². The van der Waals surface area contributed by atoms with Crippen molar-refractivity contribution in [1.82, 2.24) is 20.4 Å². The van der Waals surface area contributed by atoms with Crippen molar-refractivity contribution >= 4 is 28.8 Å². The Morgan fingerprint density at radius 1 is 1.20 bits per heavy atom. The molecule has 0 aliphatic carbocycles. The van der Waals surface area contributed by atoms with Crippen molar-refractivity contribution in [3.8, 4) is 0 Å². The number of aromatic nitrogens is 2. The van der Waals surface area contributed by atoms with Gasteiger partial charge in [-0.3, -0.25) is 14.5 Å². The number of rotatable bonds is 9. The van der Waals surface area contributed by atoms with Gasteiger partial charge in [-0.2, -0.15) is 0 Å². The highest BCUT2D eigenvalue weighted by Gasteiger charge is 2.17. The van der Waals surface area contributed by atoms with Gasteiger partial charge in [0.2, 0.25) is 10.9 Å². The van der Waals surface area contributed by atoms with Crippen LogP contribution in [0.15, 0.2) is 24.3 Å². The lowest BCUT2D eigenvalue weighted by molar-refractivity contribution is -0.121.